The average molecular weight is 172 g/mol. The van der Waals surface area contributed by atoms with E-state index >= 15 is 0 Å². The average Bonchev–Trinajstić information content (AvgIpc) is 2.65. The van der Waals surface area contributed by atoms with Crippen LogP contribution in [0.3, 0.4) is 0 Å². The second-order valence-corrected chi connectivity index (χ2v) is 3.59. The molecule has 3 heteroatoms. The molecule has 1 aliphatic heterocycles. The lowest BCUT2D eigenvalue weighted by atomic mass is 9.94. The van der Waals surface area contributed by atoms with E-state index < -0.39 is 0 Å². The number of ether oxygens (including phenoxy) is 2. The monoisotopic (exact) mass is 172 g/mol. The van der Waals surface area contributed by atoms with Crippen LogP contribution in [0.5, 0.6) is 0 Å². The Morgan fingerprint density at radius 1 is 1.67 bits per heavy atom. The van der Waals surface area contributed by atoms with Crippen molar-refractivity contribution in [2.45, 2.75) is 39.4 Å². The van der Waals surface area contributed by atoms with Gasteiger partial charge in [0.1, 0.15) is 5.60 Å². The zero-order valence-corrected chi connectivity index (χ0v) is 8.09. The lowest BCUT2D eigenvalue weighted by Gasteiger charge is -2.09. The number of epoxide rings is 1. The Morgan fingerprint density at radius 2 is 2.25 bits per heavy atom. The predicted molar refractivity (Wildman–Crippen MR) is 44.7 cm³/mol. The van der Waals surface area contributed by atoms with Crippen LogP contribution in [-0.4, -0.2) is 24.3 Å². The van der Waals surface area contributed by atoms with Gasteiger partial charge in [0.15, 0.2) is 6.10 Å². The van der Waals surface area contributed by atoms with Crippen LogP contribution in [0, 0.1) is 5.92 Å². The van der Waals surface area contributed by atoms with E-state index in [1.54, 1.807) is 6.92 Å². The number of rotatable bonds is 3. The molecule has 0 aromatic carbocycles. The van der Waals surface area contributed by atoms with Crippen LogP contribution in [-0.2, 0) is 14.3 Å². The number of hydrogen-bond acceptors (Lipinski definition) is 3. The van der Waals surface area contributed by atoms with E-state index in [1.165, 1.54) is 0 Å². The molecule has 0 spiro atoms. The maximum absolute atomic E-state index is 11.2. The third kappa shape index (κ3) is 1.46. The van der Waals surface area contributed by atoms with Crippen LogP contribution in [0.2, 0.25) is 0 Å². The van der Waals surface area contributed by atoms with E-state index in [1.807, 2.05) is 20.8 Å². The van der Waals surface area contributed by atoms with Crippen molar-refractivity contribution in [1.29, 1.82) is 0 Å². The summed E-state index contributed by atoms with van der Waals surface area (Å²) < 4.78 is 10.2. The van der Waals surface area contributed by atoms with Crippen LogP contribution < -0.4 is 0 Å². The summed E-state index contributed by atoms with van der Waals surface area (Å²) in [6.07, 6.45) is -0.336. The molecule has 0 aromatic heterocycles. The summed E-state index contributed by atoms with van der Waals surface area (Å²) >= 11 is 0. The molecule has 3 nitrogen and oxygen atoms in total. The molecule has 0 saturated carbocycles. The van der Waals surface area contributed by atoms with E-state index in [0.717, 1.165) is 0 Å². The first-order chi connectivity index (χ1) is 5.52. The van der Waals surface area contributed by atoms with Gasteiger partial charge in [-0.25, -0.2) is 4.79 Å². The first-order valence-electron chi connectivity index (χ1n) is 4.36. The molecular formula is C9H16O3. The Bertz CT molecular complexity index is 188. The third-order valence-electron chi connectivity index (χ3n) is 2.48. The number of hydrogen-bond donors (Lipinski definition) is 0. The fraction of sp³-hybridized carbons (Fsp3) is 0.889. The Labute approximate surface area is 73.0 Å². The smallest absolute Gasteiger partial charge is 0.338 e. The van der Waals surface area contributed by atoms with Crippen molar-refractivity contribution in [2.24, 2.45) is 5.92 Å². The van der Waals surface area contributed by atoms with Gasteiger partial charge in [-0.3, -0.25) is 0 Å². The van der Waals surface area contributed by atoms with E-state index in [-0.39, 0.29) is 17.7 Å². The molecule has 0 bridgehead atoms. The molecule has 0 aliphatic carbocycles. The molecule has 2 atom stereocenters. The van der Waals surface area contributed by atoms with Gasteiger partial charge < -0.3 is 9.47 Å². The molecule has 70 valence electrons. The minimum absolute atomic E-state index is 0.228. The largest absolute Gasteiger partial charge is 0.464 e. The summed E-state index contributed by atoms with van der Waals surface area (Å²) in [7, 11) is 0. The molecule has 1 aliphatic rings. The second kappa shape index (κ2) is 3.05. The van der Waals surface area contributed by atoms with Crippen molar-refractivity contribution in [3.63, 3.8) is 0 Å². The highest BCUT2D eigenvalue weighted by Crippen LogP contribution is 2.43. The van der Waals surface area contributed by atoms with Crippen molar-refractivity contribution in [2.75, 3.05) is 6.61 Å². The molecule has 0 N–H and O–H groups in total. The van der Waals surface area contributed by atoms with Crippen molar-refractivity contribution >= 4 is 5.97 Å². The summed E-state index contributed by atoms with van der Waals surface area (Å²) in [4.78, 5) is 11.2. The summed E-state index contributed by atoms with van der Waals surface area (Å²) in [6.45, 7) is 8.25. The summed E-state index contributed by atoms with van der Waals surface area (Å²) in [5.41, 5.74) is -0.285. The van der Waals surface area contributed by atoms with Crippen LogP contribution >= 0.6 is 0 Å². The normalized spacial score (nSPS) is 33.6. The highest BCUT2D eigenvalue weighted by atomic mass is 16.7. The van der Waals surface area contributed by atoms with Gasteiger partial charge in [-0.1, -0.05) is 13.8 Å². The first-order valence-corrected chi connectivity index (χ1v) is 4.36. The summed E-state index contributed by atoms with van der Waals surface area (Å²) in [5.74, 6) is 0.126. The van der Waals surface area contributed by atoms with Crippen LogP contribution in [0.1, 0.15) is 27.7 Å². The van der Waals surface area contributed by atoms with Gasteiger partial charge in [0.05, 0.1) is 6.61 Å². The lowest BCUT2D eigenvalue weighted by Crippen LogP contribution is -2.24. The number of carbonyl (C=O) groups is 1. The maximum Gasteiger partial charge on any atom is 0.338 e. The molecule has 1 fully saturated rings. The maximum atomic E-state index is 11.2. The molecule has 0 radical (unpaired) electrons. The molecule has 1 heterocycles. The van der Waals surface area contributed by atoms with Crippen molar-refractivity contribution < 1.29 is 14.3 Å². The fourth-order valence-electron chi connectivity index (χ4n) is 1.16. The van der Waals surface area contributed by atoms with E-state index in [2.05, 4.69) is 0 Å². The first kappa shape index (κ1) is 9.52. The minimum Gasteiger partial charge on any atom is -0.464 e. The molecule has 1 saturated heterocycles. The lowest BCUT2D eigenvalue weighted by molar-refractivity contribution is -0.144. The Hall–Kier alpha value is -0.570. The zero-order valence-electron chi connectivity index (χ0n) is 8.09. The molecule has 0 unspecified atom stereocenters. The Kier molecular flexibility index (Phi) is 2.42. The number of carbonyl (C=O) groups excluding carboxylic acids is 1. The molecule has 12 heavy (non-hydrogen) atoms. The van der Waals surface area contributed by atoms with Gasteiger partial charge in [0.2, 0.25) is 0 Å². The SMILES string of the molecule is CCOC(=O)[C@H]1O[C@@]1(C)C(C)C. The molecule has 0 amide bonds. The fourth-order valence-corrected chi connectivity index (χ4v) is 1.16. The predicted octanol–water partition coefficient (Wildman–Crippen LogP) is 1.36. The summed E-state index contributed by atoms with van der Waals surface area (Å²) in [6, 6.07) is 0. The van der Waals surface area contributed by atoms with Crippen molar-refractivity contribution in [1.82, 2.24) is 0 Å². The van der Waals surface area contributed by atoms with Crippen LogP contribution in [0.4, 0.5) is 0 Å². The summed E-state index contributed by atoms with van der Waals surface area (Å²) in [5, 5.41) is 0. The van der Waals surface area contributed by atoms with Gasteiger partial charge in [0.25, 0.3) is 0 Å². The van der Waals surface area contributed by atoms with Gasteiger partial charge >= 0.3 is 5.97 Å². The third-order valence-corrected chi connectivity index (χ3v) is 2.48. The van der Waals surface area contributed by atoms with Gasteiger partial charge in [-0.05, 0) is 19.8 Å². The van der Waals surface area contributed by atoms with E-state index in [9.17, 15) is 4.79 Å². The zero-order chi connectivity index (χ0) is 9.35. The van der Waals surface area contributed by atoms with Gasteiger partial charge in [-0.2, -0.15) is 0 Å². The highest BCUT2D eigenvalue weighted by Gasteiger charge is 2.59. The second-order valence-electron chi connectivity index (χ2n) is 3.59. The minimum atomic E-state index is -0.336. The van der Waals surface area contributed by atoms with Crippen LogP contribution in [0.25, 0.3) is 0 Å². The topological polar surface area (TPSA) is 38.8 Å². The Morgan fingerprint density at radius 3 is 2.58 bits per heavy atom. The van der Waals surface area contributed by atoms with E-state index in [4.69, 9.17) is 9.47 Å². The van der Waals surface area contributed by atoms with Crippen molar-refractivity contribution in [3.05, 3.63) is 0 Å². The molecule has 1 rings (SSSR count). The number of esters is 1. The standard InChI is InChI=1S/C9H16O3/c1-5-11-8(10)7-9(4,12-7)6(2)3/h6-7H,5H2,1-4H3/t7-,9+/m1/s1. The van der Waals surface area contributed by atoms with Crippen molar-refractivity contribution in [3.8, 4) is 0 Å². The molecular weight excluding hydrogens is 156 g/mol. The van der Waals surface area contributed by atoms with Gasteiger partial charge in [-0.15, -0.1) is 0 Å². The van der Waals surface area contributed by atoms with E-state index in [0.29, 0.717) is 12.5 Å². The molecule has 0 aromatic rings. The highest BCUT2D eigenvalue weighted by molar-refractivity contribution is 5.79. The quantitative estimate of drug-likeness (QED) is 0.476. The Balaban J connectivity index is 2.45. The van der Waals surface area contributed by atoms with Crippen LogP contribution in [0.15, 0.2) is 0 Å². The van der Waals surface area contributed by atoms with Gasteiger partial charge in [0, 0.05) is 0 Å².